The molecule has 1 heterocycles. The van der Waals surface area contributed by atoms with Crippen LogP contribution in [0, 0.1) is 7.14 Å². The van der Waals surface area contributed by atoms with E-state index in [4.69, 9.17) is 11.6 Å². The van der Waals surface area contributed by atoms with Crippen molar-refractivity contribution in [1.82, 2.24) is 4.98 Å². The summed E-state index contributed by atoms with van der Waals surface area (Å²) in [7, 11) is 0. The van der Waals surface area contributed by atoms with E-state index in [0.29, 0.717) is 9.45 Å². The maximum absolute atomic E-state index is 12.3. The summed E-state index contributed by atoms with van der Waals surface area (Å²) in [5.74, 6) is 0.296. The normalized spacial score (nSPS) is 10.9. The van der Waals surface area contributed by atoms with E-state index in [2.05, 4.69) is 4.98 Å². The minimum absolute atomic E-state index is 0.168. The van der Waals surface area contributed by atoms with Crippen molar-refractivity contribution in [3.8, 4) is 0 Å². The Hall–Kier alpha value is 0.760. The fourth-order valence-corrected chi connectivity index (χ4v) is 2.51. The van der Waals surface area contributed by atoms with E-state index in [9.17, 15) is 8.78 Å². The van der Waals surface area contributed by atoms with Gasteiger partial charge in [-0.25, -0.2) is 8.78 Å². The molecule has 1 aromatic heterocycles. The Balaban J connectivity index is 3.23. The lowest BCUT2D eigenvalue weighted by Crippen LogP contribution is -2.00. The van der Waals surface area contributed by atoms with E-state index < -0.39 is 6.43 Å². The van der Waals surface area contributed by atoms with Crippen LogP contribution in [-0.2, 0) is 5.88 Å². The van der Waals surface area contributed by atoms with Crippen LogP contribution in [0.1, 0.15) is 17.7 Å². The zero-order chi connectivity index (χ0) is 10.0. The van der Waals surface area contributed by atoms with Gasteiger partial charge in [0.1, 0.15) is 5.69 Å². The maximum Gasteiger partial charge on any atom is 0.281 e. The van der Waals surface area contributed by atoms with Gasteiger partial charge in [-0.05, 0) is 50.7 Å². The molecule has 0 aliphatic rings. The molecule has 0 aliphatic heterocycles. The van der Waals surface area contributed by atoms with Crippen LogP contribution in [0.15, 0.2) is 6.20 Å². The highest BCUT2D eigenvalue weighted by atomic mass is 127. The number of aromatic nitrogens is 1. The molecule has 0 atom stereocenters. The molecule has 1 aromatic rings. The lowest BCUT2D eigenvalue weighted by Gasteiger charge is -2.07. The van der Waals surface area contributed by atoms with Crippen LogP contribution in [-0.4, -0.2) is 4.98 Å². The van der Waals surface area contributed by atoms with Gasteiger partial charge in [-0.2, -0.15) is 0 Å². The van der Waals surface area contributed by atoms with Gasteiger partial charge in [-0.15, -0.1) is 11.6 Å². The van der Waals surface area contributed by atoms with Crippen LogP contribution < -0.4 is 0 Å². The third-order valence-electron chi connectivity index (χ3n) is 1.41. The van der Waals surface area contributed by atoms with Crippen molar-refractivity contribution in [3.05, 3.63) is 24.6 Å². The predicted octanol–water partition coefficient (Wildman–Crippen LogP) is 3.97. The van der Waals surface area contributed by atoms with Gasteiger partial charge in [-0.3, -0.25) is 4.98 Å². The molecule has 0 radical (unpaired) electrons. The zero-order valence-corrected chi connectivity index (χ0v) is 11.3. The third kappa shape index (κ3) is 2.62. The Labute approximate surface area is 107 Å². The lowest BCUT2D eigenvalue weighted by atomic mass is 10.3. The molecule has 13 heavy (non-hydrogen) atoms. The second-order valence-corrected chi connectivity index (χ2v) is 4.66. The number of alkyl halides is 3. The molecule has 0 N–H and O–H groups in total. The fraction of sp³-hybridized carbons (Fsp3) is 0.286. The first-order valence-corrected chi connectivity index (χ1v) is 5.94. The van der Waals surface area contributed by atoms with Crippen LogP contribution in [0.3, 0.4) is 0 Å². The summed E-state index contributed by atoms with van der Waals surface area (Å²) >= 11 is 9.46. The molecule has 0 aliphatic carbocycles. The summed E-state index contributed by atoms with van der Waals surface area (Å²) in [6.07, 6.45) is -1.12. The average molecular weight is 429 g/mol. The van der Waals surface area contributed by atoms with Gasteiger partial charge in [0.15, 0.2) is 0 Å². The van der Waals surface area contributed by atoms with Crippen LogP contribution in [0.2, 0.25) is 0 Å². The molecule has 0 fully saturated rings. The quantitative estimate of drug-likeness (QED) is 0.512. The van der Waals surface area contributed by atoms with Crippen LogP contribution in [0.5, 0.6) is 0 Å². The molecule has 0 spiro atoms. The number of rotatable bonds is 2. The van der Waals surface area contributed by atoms with Gasteiger partial charge in [0.25, 0.3) is 6.43 Å². The molecule has 0 saturated carbocycles. The first-order chi connectivity index (χ1) is 6.07. The Morgan fingerprint density at radius 1 is 1.38 bits per heavy atom. The summed E-state index contributed by atoms with van der Waals surface area (Å²) in [4.78, 5) is 3.66. The molecule has 0 saturated heterocycles. The summed E-state index contributed by atoms with van der Waals surface area (Å²) in [6.45, 7) is 0. The van der Waals surface area contributed by atoms with Crippen molar-refractivity contribution < 1.29 is 8.78 Å². The van der Waals surface area contributed by atoms with Gasteiger partial charge >= 0.3 is 0 Å². The van der Waals surface area contributed by atoms with E-state index >= 15 is 0 Å². The summed E-state index contributed by atoms with van der Waals surface area (Å²) in [5, 5.41) is 0. The smallest absolute Gasteiger partial charge is 0.254 e. The molecule has 1 rings (SSSR count). The molecule has 0 amide bonds. The van der Waals surface area contributed by atoms with Crippen molar-refractivity contribution in [3.63, 3.8) is 0 Å². The first kappa shape index (κ1) is 11.8. The number of nitrogens with zero attached hydrogens (tertiary/aromatic N) is 1. The first-order valence-electron chi connectivity index (χ1n) is 3.24. The highest BCUT2D eigenvalue weighted by Crippen LogP contribution is 2.28. The fourth-order valence-electron chi connectivity index (χ4n) is 0.760. The number of hydrogen-bond acceptors (Lipinski definition) is 1. The second-order valence-electron chi connectivity index (χ2n) is 2.23. The molecular formula is C7H4ClF2I2N. The monoisotopic (exact) mass is 429 g/mol. The van der Waals surface area contributed by atoms with Crippen molar-refractivity contribution in [2.24, 2.45) is 0 Å². The van der Waals surface area contributed by atoms with Gasteiger partial charge in [-0.1, -0.05) is 0 Å². The summed E-state index contributed by atoms with van der Waals surface area (Å²) in [6, 6.07) is 0. The minimum Gasteiger partial charge on any atom is -0.254 e. The predicted molar refractivity (Wildman–Crippen MR) is 64.2 cm³/mol. The van der Waals surface area contributed by atoms with Gasteiger partial charge < -0.3 is 0 Å². The Kier molecular flexibility index (Phi) is 4.56. The van der Waals surface area contributed by atoms with Crippen molar-refractivity contribution in [2.45, 2.75) is 12.3 Å². The van der Waals surface area contributed by atoms with Crippen molar-refractivity contribution in [1.29, 1.82) is 0 Å². The summed E-state index contributed by atoms with van der Waals surface area (Å²) in [5.41, 5.74) is 0.620. The van der Waals surface area contributed by atoms with E-state index in [1.807, 2.05) is 45.2 Å². The largest absolute Gasteiger partial charge is 0.281 e. The number of pyridine rings is 1. The van der Waals surface area contributed by atoms with E-state index in [1.165, 1.54) is 6.20 Å². The topological polar surface area (TPSA) is 12.9 Å². The standard InChI is InChI=1S/C7H4ClF2I2N/c8-1-3-2-13-6(7(9)10)5(12)4(3)11/h2,7H,1H2. The molecule has 0 aromatic carbocycles. The molecular weight excluding hydrogens is 425 g/mol. The van der Waals surface area contributed by atoms with E-state index in [0.717, 1.165) is 9.13 Å². The van der Waals surface area contributed by atoms with Crippen molar-refractivity contribution in [2.75, 3.05) is 0 Å². The molecule has 6 heteroatoms. The third-order valence-corrected chi connectivity index (χ3v) is 5.05. The Morgan fingerprint density at radius 3 is 2.46 bits per heavy atom. The molecule has 0 bridgehead atoms. The number of hydrogen-bond donors (Lipinski definition) is 0. The zero-order valence-electron chi connectivity index (χ0n) is 6.20. The Morgan fingerprint density at radius 2 is 2.00 bits per heavy atom. The highest BCUT2D eigenvalue weighted by Gasteiger charge is 2.17. The number of halogens is 5. The molecule has 0 unspecified atom stereocenters. The van der Waals surface area contributed by atoms with Gasteiger partial charge in [0.2, 0.25) is 0 Å². The average Bonchev–Trinajstić information content (AvgIpc) is 2.09. The van der Waals surface area contributed by atoms with Gasteiger partial charge in [0, 0.05) is 15.6 Å². The van der Waals surface area contributed by atoms with Gasteiger partial charge in [0.05, 0.1) is 3.57 Å². The van der Waals surface area contributed by atoms with E-state index in [-0.39, 0.29) is 5.69 Å². The minimum atomic E-state index is -2.52. The SMILES string of the molecule is FC(F)c1ncc(CCl)c(I)c1I. The highest BCUT2D eigenvalue weighted by molar-refractivity contribution is 14.1. The van der Waals surface area contributed by atoms with Crippen LogP contribution in [0.4, 0.5) is 8.78 Å². The maximum atomic E-state index is 12.3. The summed E-state index contributed by atoms with van der Waals surface area (Å²) < 4.78 is 25.9. The van der Waals surface area contributed by atoms with E-state index in [1.54, 1.807) is 0 Å². The molecule has 1 nitrogen and oxygen atoms in total. The Bertz CT molecular complexity index is 320. The van der Waals surface area contributed by atoms with Crippen molar-refractivity contribution >= 4 is 56.8 Å². The lowest BCUT2D eigenvalue weighted by molar-refractivity contribution is 0.145. The van der Waals surface area contributed by atoms with Crippen LogP contribution >= 0.6 is 56.8 Å². The van der Waals surface area contributed by atoms with Crippen LogP contribution in [0.25, 0.3) is 0 Å². The second kappa shape index (κ2) is 5.01. The molecule has 72 valence electrons.